The Balaban J connectivity index is 2.28. The normalized spacial score (nSPS) is 13.1. The number of hydrogen-bond donors (Lipinski definition) is 2. The van der Waals surface area contributed by atoms with Crippen LogP contribution < -0.4 is 5.73 Å². The molecule has 0 bridgehead atoms. The summed E-state index contributed by atoms with van der Waals surface area (Å²) in [5, 5.41) is 13.9. The van der Waals surface area contributed by atoms with Crippen molar-refractivity contribution < 1.29 is 0 Å². The topological polar surface area (TPSA) is 93.4 Å². The molecule has 0 fully saturated rings. The maximum Gasteiger partial charge on any atom is 0.198 e. The minimum atomic E-state index is -0.462. The van der Waals surface area contributed by atoms with E-state index in [9.17, 15) is 0 Å². The standard InChI is InChI=1S/C5H5ClN6S/c6-2-1-8-5(13-2)3(7)4-9-11-12-10-4/h1,3H,7H2,(H,9,10,11,12). The third-order valence-corrected chi connectivity index (χ3v) is 2.60. The van der Waals surface area contributed by atoms with Gasteiger partial charge in [0.1, 0.15) is 15.4 Å². The number of nitrogens with zero attached hydrogens (tertiary/aromatic N) is 4. The van der Waals surface area contributed by atoms with Crippen LogP contribution in [0.1, 0.15) is 16.9 Å². The summed E-state index contributed by atoms with van der Waals surface area (Å²) in [7, 11) is 0. The van der Waals surface area contributed by atoms with Gasteiger partial charge in [-0.05, 0) is 0 Å². The van der Waals surface area contributed by atoms with Crippen LogP contribution in [0, 0.1) is 0 Å². The molecular weight excluding hydrogens is 212 g/mol. The van der Waals surface area contributed by atoms with E-state index in [-0.39, 0.29) is 0 Å². The lowest BCUT2D eigenvalue weighted by Gasteiger charge is -1.99. The van der Waals surface area contributed by atoms with Crippen LogP contribution in [0.3, 0.4) is 0 Å². The van der Waals surface area contributed by atoms with Gasteiger partial charge in [0.25, 0.3) is 0 Å². The summed E-state index contributed by atoms with van der Waals surface area (Å²) in [6.45, 7) is 0. The van der Waals surface area contributed by atoms with E-state index in [0.717, 1.165) is 0 Å². The Morgan fingerprint density at radius 3 is 3.00 bits per heavy atom. The van der Waals surface area contributed by atoms with E-state index in [1.807, 2.05) is 0 Å². The van der Waals surface area contributed by atoms with Crippen molar-refractivity contribution in [1.82, 2.24) is 25.6 Å². The molecule has 0 aliphatic heterocycles. The van der Waals surface area contributed by atoms with E-state index in [1.54, 1.807) is 6.20 Å². The third kappa shape index (κ3) is 1.67. The minimum Gasteiger partial charge on any atom is -0.316 e. The number of halogens is 1. The van der Waals surface area contributed by atoms with Gasteiger partial charge in [0.2, 0.25) is 0 Å². The maximum absolute atomic E-state index is 5.78. The van der Waals surface area contributed by atoms with Gasteiger partial charge in [-0.25, -0.2) is 4.98 Å². The van der Waals surface area contributed by atoms with Crippen molar-refractivity contribution >= 4 is 22.9 Å². The van der Waals surface area contributed by atoms with Gasteiger partial charge in [-0.2, -0.15) is 5.21 Å². The average molecular weight is 217 g/mol. The molecule has 1 unspecified atom stereocenters. The first-order valence-corrected chi connectivity index (χ1v) is 4.57. The van der Waals surface area contributed by atoms with Crippen LogP contribution >= 0.6 is 22.9 Å². The van der Waals surface area contributed by atoms with E-state index in [1.165, 1.54) is 11.3 Å². The van der Waals surface area contributed by atoms with Gasteiger partial charge in [0.15, 0.2) is 5.82 Å². The minimum absolute atomic E-state index is 0.408. The van der Waals surface area contributed by atoms with Crippen molar-refractivity contribution in [2.75, 3.05) is 0 Å². The predicted molar refractivity (Wildman–Crippen MR) is 47.3 cm³/mol. The van der Waals surface area contributed by atoms with Gasteiger partial charge >= 0.3 is 0 Å². The zero-order valence-corrected chi connectivity index (χ0v) is 7.88. The van der Waals surface area contributed by atoms with Gasteiger partial charge in [-0.1, -0.05) is 16.8 Å². The molecule has 0 saturated carbocycles. The molecule has 6 nitrogen and oxygen atoms in total. The molecule has 2 heterocycles. The van der Waals surface area contributed by atoms with Crippen LogP contribution in [0.5, 0.6) is 0 Å². The smallest absolute Gasteiger partial charge is 0.198 e. The van der Waals surface area contributed by atoms with Gasteiger partial charge in [-0.15, -0.1) is 21.5 Å². The van der Waals surface area contributed by atoms with Crippen molar-refractivity contribution in [3.63, 3.8) is 0 Å². The predicted octanol–water partition coefficient (Wildman–Crippen LogP) is 0.358. The first-order chi connectivity index (χ1) is 6.27. The third-order valence-electron chi connectivity index (χ3n) is 1.40. The summed E-state index contributed by atoms with van der Waals surface area (Å²) in [5.41, 5.74) is 5.78. The zero-order chi connectivity index (χ0) is 9.26. The summed E-state index contributed by atoms with van der Waals surface area (Å²) in [6, 6.07) is -0.462. The van der Waals surface area contributed by atoms with Gasteiger partial charge in [0, 0.05) is 0 Å². The van der Waals surface area contributed by atoms with Crippen LogP contribution in [-0.2, 0) is 0 Å². The highest BCUT2D eigenvalue weighted by Gasteiger charge is 2.16. The molecule has 1 atom stereocenters. The first-order valence-electron chi connectivity index (χ1n) is 3.37. The number of thiazole rings is 1. The molecule has 2 aromatic heterocycles. The molecule has 8 heteroatoms. The highest BCUT2D eigenvalue weighted by Crippen LogP contribution is 2.24. The van der Waals surface area contributed by atoms with E-state index in [0.29, 0.717) is 15.2 Å². The molecule has 0 amide bonds. The van der Waals surface area contributed by atoms with Gasteiger partial charge in [-0.3, -0.25) is 0 Å². The molecule has 0 radical (unpaired) electrons. The molecule has 68 valence electrons. The van der Waals surface area contributed by atoms with E-state index < -0.39 is 6.04 Å². The van der Waals surface area contributed by atoms with Crippen molar-refractivity contribution in [2.24, 2.45) is 5.73 Å². The Labute approximate surface area is 82.1 Å². The molecule has 3 N–H and O–H groups in total. The number of tetrazole rings is 1. The first kappa shape index (κ1) is 8.54. The fraction of sp³-hybridized carbons (Fsp3) is 0.200. The van der Waals surface area contributed by atoms with Gasteiger partial charge < -0.3 is 5.73 Å². The zero-order valence-electron chi connectivity index (χ0n) is 6.31. The fourth-order valence-corrected chi connectivity index (χ4v) is 1.75. The Morgan fingerprint density at radius 1 is 1.62 bits per heavy atom. The van der Waals surface area contributed by atoms with Crippen LogP contribution in [-0.4, -0.2) is 25.6 Å². The van der Waals surface area contributed by atoms with Gasteiger partial charge in [0.05, 0.1) is 6.20 Å². The lowest BCUT2D eigenvalue weighted by Crippen LogP contribution is -2.13. The molecule has 13 heavy (non-hydrogen) atoms. The van der Waals surface area contributed by atoms with E-state index >= 15 is 0 Å². The summed E-state index contributed by atoms with van der Waals surface area (Å²) in [5.74, 6) is 0.408. The largest absolute Gasteiger partial charge is 0.316 e. The Kier molecular flexibility index (Phi) is 2.21. The average Bonchev–Trinajstić information content (AvgIpc) is 2.72. The lowest BCUT2D eigenvalue weighted by atomic mass is 10.3. The van der Waals surface area contributed by atoms with Crippen LogP contribution in [0.25, 0.3) is 0 Å². The second-order valence-electron chi connectivity index (χ2n) is 2.25. The second-order valence-corrected chi connectivity index (χ2v) is 3.94. The number of aromatic amines is 1. The van der Waals surface area contributed by atoms with Crippen LogP contribution in [0.4, 0.5) is 0 Å². The van der Waals surface area contributed by atoms with E-state index in [4.69, 9.17) is 17.3 Å². The quantitative estimate of drug-likeness (QED) is 0.756. The summed E-state index contributed by atoms with van der Waals surface area (Å²) in [4.78, 5) is 4.01. The Hall–Kier alpha value is -1.05. The Bertz CT molecular complexity index is 383. The highest BCUT2D eigenvalue weighted by atomic mass is 35.5. The molecule has 0 saturated heterocycles. The van der Waals surface area contributed by atoms with Crippen molar-refractivity contribution in [2.45, 2.75) is 6.04 Å². The highest BCUT2D eigenvalue weighted by molar-refractivity contribution is 7.15. The van der Waals surface area contributed by atoms with Crippen molar-refractivity contribution in [3.8, 4) is 0 Å². The lowest BCUT2D eigenvalue weighted by molar-refractivity contribution is 0.777. The number of nitrogens with one attached hydrogen (secondary N) is 1. The van der Waals surface area contributed by atoms with Crippen LogP contribution in [0.2, 0.25) is 4.34 Å². The SMILES string of the molecule is NC(c1nn[nH]n1)c1ncc(Cl)s1. The monoisotopic (exact) mass is 216 g/mol. The summed E-state index contributed by atoms with van der Waals surface area (Å²) in [6.07, 6.45) is 1.54. The molecule has 2 aromatic rings. The maximum atomic E-state index is 5.78. The summed E-state index contributed by atoms with van der Waals surface area (Å²) >= 11 is 7.00. The van der Waals surface area contributed by atoms with Crippen molar-refractivity contribution in [1.29, 1.82) is 0 Å². The molecule has 0 spiro atoms. The number of H-pyrrole nitrogens is 1. The molecule has 0 aromatic carbocycles. The molecule has 0 aliphatic carbocycles. The van der Waals surface area contributed by atoms with Crippen LogP contribution in [0.15, 0.2) is 6.20 Å². The number of hydrogen-bond acceptors (Lipinski definition) is 6. The number of rotatable bonds is 2. The number of nitrogens with two attached hydrogens (primary N) is 1. The van der Waals surface area contributed by atoms with Crippen molar-refractivity contribution in [3.05, 3.63) is 21.4 Å². The second kappa shape index (κ2) is 3.36. The molecule has 2 rings (SSSR count). The fourth-order valence-electron chi connectivity index (χ4n) is 0.822. The Morgan fingerprint density at radius 2 is 2.46 bits per heavy atom. The molecule has 0 aliphatic rings. The molecular formula is C5H5ClN6S. The summed E-state index contributed by atoms with van der Waals surface area (Å²) < 4.78 is 0.592. The number of aromatic nitrogens is 5. The van der Waals surface area contributed by atoms with E-state index in [2.05, 4.69) is 25.6 Å².